The van der Waals surface area contributed by atoms with Crippen molar-refractivity contribution in [3.05, 3.63) is 11.5 Å². The highest BCUT2D eigenvalue weighted by atomic mass is 16.2. The second-order valence-corrected chi connectivity index (χ2v) is 6.07. The third-order valence-corrected chi connectivity index (χ3v) is 4.23. The number of nitrogens with zero attached hydrogens (tertiary/aromatic N) is 2. The molecule has 0 bridgehead atoms. The molecule has 1 saturated heterocycles. The van der Waals surface area contributed by atoms with Crippen molar-refractivity contribution >= 4 is 17.6 Å². The van der Waals surface area contributed by atoms with Crippen LogP contribution in [0.4, 0.5) is 0 Å². The van der Waals surface area contributed by atoms with Crippen LogP contribution in [0.1, 0.15) is 40.0 Å². The lowest BCUT2D eigenvalue weighted by Gasteiger charge is -2.19. The van der Waals surface area contributed by atoms with Crippen molar-refractivity contribution in [2.45, 2.75) is 46.1 Å². The van der Waals surface area contributed by atoms with E-state index in [1.165, 1.54) is 0 Å². The number of guanidine groups is 1. The van der Waals surface area contributed by atoms with Crippen molar-refractivity contribution in [1.29, 1.82) is 0 Å². The molecule has 7 heteroatoms. The second kappa shape index (κ2) is 6.81. The fourth-order valence-corrected chi connectivity index (χ4v) is 2.83. The van der Waals surface area contributed by atoms with E-state index in [4.69, 9.17) is 11.5 Å². The Morgan fingerprint density at radius 1 is 1.55 bits per heavy atom. The largest absolute Gasteiger partial charge is 0.370 e. The maximum absolute atomic E-state index is 12.6. The maximum Gasteiger partial charge on any atom is 0.251 e. The number of nitrogens with one attached hydrogen (secondary N) is 2. The molecule has 0 aromatic rings. The number of allylic oxidation sites excluding steroid dienone is 1. The lowest BCUT2D eigenvalue weighted by atomic mass is 9.99. The zero-order chi connectivity index (χ0) is 16.3. The van der Waals surface area contributed by atoms with E-state index in [1.54, 1.807) is 0 Å². The number of hydrogen-bond acceptors (Lipinski definition) is 3. The van der Waals surface area contributed by atoms with Crippen molar-refractivity contribution in [2.24, 2.45) is 22.4 Å². The van der Waals surface area contributed by atoms with Crippen LogP contribution in [0.5, 0.6) is 0 Å². The SMILES string of the molecule is CCC(C)C1NC2=C(CCCN=C(N)N)[NH+]=C(C)CN2C1=O. The van der Waals surface area contributed by atoms with Crippen molar-refractivity contribution in [3.63, 3.8) is 0 Å². The smallest absolute Gasteiger partial charge is 0.251 e. The Morgan fingerprint density at radius 3 is 2.91 bits per heavy atom. The van der Waals surface area contributed by atoms with E-state index >= 15 is 0 Å². The Hall–Kier alpha value is -2.05. The first-order valence-electron chi connectivity index (χ1n) is 7.90. The summed E-state index contributed by atoms with van der Waals surface area (Å²) < 4.78 is 0. The van der Waals surface area contributed by atoms with Gasteiger partial charge in [-0.05, 0) is 12.3 Å². The number of fused-ring (bicyclic) bond motifs is 1. The molecule has 2 heterocycles. The number of nitrogens with two attached hydrogens (primary N) is 2. The van der Waals surface area contributed by atoms with Crippen LogP contribution in [-0.4, -0.2) is 41.6 Å². The van der Waals surface area contributed by atoms with Crippen LogP contribution in [0.25, 0.3) is 0 Å². The monoisotopic (exact) mass is 307 g/mol. The molecule has 0 spiro atoms. The average Bonchev–Trinajstić information content (AvgIpc) is 2.80. The van der Waals surface area contributed by atoms with E-state index in [0.29, 0.717) is 19.0 Å². The van der Waals surface area contributed by atoms with Crippen molar-refractivity contribution in [2.75, 3.05) is 13.1 Å². The molecule has 2 aliphatic heterocycles. The number of hydrogen-bond donors (Lipinski definition) is 4. The summed E-state index contributed by atoms with van der Waals surface area (Å²) in [5.41, 5.74) is 12.8. The molecule has 2 atom stereocenters. The van der Waals surface area contributed by atoms with E-state index < -0.39 is 0 Å². The fraction of sp³-hybridized carbons (Fsp3) is 0.667. The summed E-state index contributed by atoms with van der Waals surface area (Å²) in [6, 6.07) is -0.125. The number of rotatable bonds is 6. The lowest BCUT2D eigenvalue weighted by molar-refractivity contribution is -0.409. The van der Waals surface area contributed by atoms with E-state index in [9.17, 15) is 4.79 Å². The predicted molar refractivity (Wildman–Crippen MR) is 86.7 cm³/mol. The predicted octanol–water partition coefficient (Wildman–Crippen LogP) is -1.39. The minimum absolute atomic E-state index is 0.115. The normalized spacial score (nSPS) is 22.1. The van der Waals surface area contributed by atoms with Gasteiger partial charge in [-0.15, -0.1) is 0 Å². The highest BCUT2D eigenvalue weighted by molar-refractivity contribution is 5.92. The van der Waals surface area contributed by atoms with Gasteiger partial charge in [0.2, 0.25) is 5.70 Å². The lowest BCUT2D eigenvalue weighted by Crippen LogP contribution is -2.75. The first-order valence-corrected chi connectivity index (χ1v) is 7.90. The summed E-state index contributed by atoms with van der Waals surface area (Å²) in [5, 5.41) is 3.41. The molecule has 2 rings (SSSR count). The van der Waals surface area contributed by atoms with Gasteiger partial charge in [-0.1, -0.05) is 20.3 Å². The molecule has 0 saturated carbocycles. The minimum Gasteiger partial charge on any atom is -0.370 e. The summed E-state index contributed by atoms with van der Waals surface area (Å²) in [6.07, 6.45) is 2.60. The van der Waals surface area contributed by atoms with E-state index in [2.05, 4.69) is 29.1 Å². The fourth-order valence-electron chi connectivity index (χ4n) is 2.83. The number of amides is 1. The van der Waals surface area contributed by atoms with Crippen molar-refractivity contribution in [1.82, 2.24) is 10.2 Å². The molecule has 0 radical (unpaired) electrons. The zero-order valence-corrected chi connectivity index (χ0v) is 13.6. The van der Waals surface area contributed by atoms with Gasteiger partial charge in [0.25, 0.3) is 5.91 Å². The molecule has 0 aromatic carbocycles. The minimum atomic E-state index is -0.125. The van der Waals surface area contributed by atoms with Crippen LogP contribution >= 0.6 is 0 Å². The van der Waals surface area contributed by atoms with Gasteiger partial charge in [0.15, 0.2) is 17.5 Å². The third kappa shape index (κ3) is 3.40. The summed E-state index contributed by atoms with van der Waals surface area (Å²) in [6.45, 7) is 7.44. The summed E-state index contributed by atoms with van der Waals surface area (Å²) >= 11 is 0. The molecule has 22 heavy (non-hydrogen) atoms. The molecule has 0 aromatic heterocycles. The van der Waals surface area contributed by atoms with Crippen LogP contribution in [0.15, 0.2) is 16.5 Å². The van der Waals surface area contributed by atoms with Crippen LogP contribution in [0, 0.1) is 5.92 Å². The maximum atomic E-state index is 12.6. The van der Waals surface area contributed by atoms with Gasteiger partial charge in [0, 0.05) is 19.9 Å². The van der Waals surface area contributed by atoms with Gasteiger partial charge in [-0.25, -0.2) is 4.99 Å². The zero-order valence-electron chi connectivity index (χ0n) is 13.6. The first kappa shape index (κ1) is 16.3. The van der Waals surface area contributed by atoms with Gasteiger partial charge in [-0.3, -0.25) is 14.7 Å². The number of carbonyl (C=O) groups excluding carboxylic acids is 1. The number of aliphatic imine (C=N–C) groups is 1. The number of carbonyl (C=O) groups is 1. The topological polar surface area (TPSA) is 111 Å². The molecule has 1 fully saturated rings. The molecule has 1 amide bonds. The first-order chi connectivity index (χ1) is 10.4. The van der Waals surface area contributed by atoms with Gasteiger partial charge < -0.3 is 16.8 Å². The van der Waals surface area contributed by atoms with E-state index in [0.717, 1.165) is 36.5 Å². The second-order valence-electron chi connectivity index (χ2n) is 6.07. The Morgan fingerprint density at radius 2 is 2.27 bits per heavy atom. The Labute approximate surface area is 131 Å². The molecule has 2 aliphatic rings. The Bertz CT molecular complexity index is 532. The average molecular weight is 307 g/mol. The van der Waals surface area contributed by atoms with Crippen molar-refractivity contribution < 1.29 is 9.79 Å². The molecular weight excluding hydrogens is 280 g/mol. The molecular formula is C15H27N6O+. The summed E-state index contributed by atoms with van der Waals surface area (Å²) in [7, 11) is 0. The summed E-state index contributed by atoms with van der Waals surface area (Å²) in [4.78, 5) is 21.8. The molecule has 2 unspecified atom stereocenters. The molecule has 0 aliphatic carbocycles. The van der Waals surface area contributed by atoms with E-state index in [-0.39, 0.29) is 17.9 Å². The Balaban J connectivity index is 2.13. The van der Waals surface area contributed by atoms with Crippen LogP contribution in [0.2, 0.25) is 0 Å². The van der Waals surface area contributed by atoms with Gasteiger partial charge in [0.1, 0.15) is 12.6 Å². The molecule has 7 nitrogen and oxygen atoms in total. The van der Waals surface area contributed by atoms with Crippen LogP contribution in [-0.2, 0) is 4.79 Å². The highest BCUT2D eigenvalue weighted by Gasteiger charge is 2.43. The van der Waals surface area contributed by atoms with Crippen molar-refractivity contribution in [3.8, 4) is 0 Å². The summed E-state index contributed by atoms with van der Waals surface area (Å²) in [5.74, 6) is 1.52. The third-order valence-electron chi connectivity index (χ3n) is 4.23. The van der Waals surface area contributed by atoms with Gasteiger partial charge in [0.05, 0.1) is 0 Å². The van der Waals surface area contributed by atoms with Gasteiger partial charge in [-0.2, -0.15) is 0 Å². The standard InChI is InChI=1S/C15H26N6O/c1-4-9(2)12-14(22)21-8-10(3)19-11(13(21)20-12)6-5-7-18-15(16)17/h9,12,20H,4-8H2,1-3H3,(H4,16,17,18)/p+1. The quantitative estimate of drug-likeness (QED) is 0.275. The van der Waals surface area contributed by atoms with Gasteiger partial charge >= 0.3 is 0 Å². The Kier molecular flexibility index (Phi) is 5.05. The van der Waals surface area contributed by atoms with E-state index in [1.807, 2.05) is 11.8 Å². The van der Waals surface area contributed by atoms with Crippen LogP contribution in [0.3, 0.4) is 0 Å². The molecule has 122 valence electrons. The highest BCUT2D eigenvalue weighted by Crippen LogP contribution is 2.24. The van der Waals surface area contributed by atoms with Crippen LogP contribution < -0.4 is 21.8 Å². The molecule has 6 N–H and O–H groups in total.